The van der Waals surface area contributed by atoms with Crippen LogP contribution in [0.5, 0.6) is 0 Å². The molecule has 7 aromatic carbocycles. The van der Waals surface area contributed by atoms with Crippen LogP contribution < -0.4 is 15.5 Å². The van der Waals surface area contributed by atoms with Gasteiger partial charge in [-0.15, -0.1) is 0 Å². The monoisotopic (exact) mass is 671 g/mol. The Balaban J connectivity index is 1.29. The lowest BCUT2D eigenvalue weighted by Gasteiger charge is -2.33. The van der Waals surface area contributed by atoms with Gasteiger partial charge in [0.1, 0.15) is 0 Å². The first-order chi connectivity index (χ1) is 25.2. The minimum Gasteiger partial charge on any atom is -0.312 e. The van der Waals surface area contributed by atoms with Gasteiger partial charge in [-0.1, -0.05) is 158 Å². The third kappa shape index (κ3) is 4.61. The number of fused-ring (bicyclic) bond motifs is 6. The van der Waals surface area contributed by atoms with Crippen molar-refractivity contribution in [1.29, 1.82) is 0 Å². The zero-order valence-electron chi connectivity index (χ0n) is 28.0. The van der Waals surface area contributed by atoms with Crippen LogP contribution in [0.25, 0.3) is 43.9 Å². The fourth-order valence-corrected chi connectivity index (χ4v) is 11.7. The maximum atomic E-state index is 16.5. The maximum absolute atomic E-state index is 16.5. The molecule has 2 aliphatic heterocycles. The van der Waals surface area contributed by atoms with Crippen LogP contribution in [0.4, 0.5) is 11.4 Å². The smallest absolute Gasteiger partial charge is 0.172 e. The molecular formula is C48H34NOP. The SMILES string of the molecule is O=P1(c2cccc(-c3ccccc3)c2)C2=C(C3=C(CCC=C3)N(c3cc(-c4ccccc4)cc4ccccc34)c3ccccc32)c2ccccc21. The Kier molecular flexibility index (Phi) is 6.94. The van der Waals surface area contributed by atoms with E-state index in [0.29, 0.717) is 0 Å². The van der Waals surface area contributed by atoms with Crippen LogP contribution in [0.1, 0.15) is 24.0 Å². The lowest BCUT2D eigenvalue weighted by Crippen LogP contribution is -2.21. The normalized spacial score (nSPS) is 17.5. The van der Waals surface area contributed by atoms with Crippen molar-refractivity contribution in [3.05, 3.63) is 204 Å². The van der Waals surface area contributed by atoms with Gasteiger partial charge < -0.3 is 9.46 Å². The maximum Gasteiger partial charge on any atom is 0.172 e. The van der Waals surface area contributed by atoms with Crippen molar-refractivity contribution in [2.45, 2.75) is 12.8 Å². The van der Waals surface area contributed by atoms with Crippen molar-refractivity contribution in [2.24, 2.45) is 0 Å². The topological polar surface area (TPSA) is 20.3 Å². The minimum atomic E-state index is -3.35. The van der Waals surface area contributed by atoms with Crippen molar-refractivity contribution in [2.75, 3.05) is 4.90 Å². The molecule has 0 amide bonds. The van der Waals surface area contributed by atoms with Crippen molar-refractivity contribution in [1.82, 2.24) is 0 Å². The van der Waals surface area contributed by atoms with E-state index >= 15 is 4.57 Å². The molecule has 0 spiro atoms. The molecule has 2 heterocycles. The molecule has 51 heavy (non-hydrogen) atoms. The Labute approximate surface area is 298 Å². The molecule has 0 bridgehead atoms. The van der Waals surface area contributed by atoms with Gasteiger partial charge >= 0.3 is 0 Å². The largest absolute Gasteiger partial charge is 0.312 e. The number of anilines is 2. The van der Waals surface area contributed by atoms with Crippen molar-refractivity contribution in [3.8, 4) is 22.3 Å². The predicted molar refractivity (Wildman–Crippen MR) is 215 cm³/mol. The Bertz CT molecular complexity index is 2670. The third-order valence-electron chi connectivity index (χ3n) is 10.7. The third-order valence-corrected chi connectivity index (χ3v) is 13.8. The van der Waals surface area contributed by atoms with Crippen molar-refractivity contribution in [3.63, 3.8) is 0 Å². The summed E-state index contributed by atoms with van der Waals surface area (Å²) in [6.45, 7) is 0. The molecule has 1 unspecified atom stereocenters. The summed E-state index contributed by atoms with van der Waals surface area (Å²) >= 11 is 0. The molecule has 0 aromatic heterocycles. The number of rotatable bonds is 4. The molecule has 2 nitrogen and oxygen atoms in total. The minimum absolute atomic E-state index is 0.864. The molecule has 0 radical (unpaired) electrons. The molecule has 7 aromatic rings. The average Bonchev–Trinajstić information content (AvgIpc) is 3.39. The molecule has 3 heteroatoms. The zero-order valence-corrected chi connectivity index (χ0v) is 28.9. The van der Waals surface area contributed by atoms with Crippen LogP contribution >= 0.6 is 7.14 Å². The number of hydrogen-bond donors (Lipinski definition) is 0. The molecule has 0 N–H and O–H groups in total. The quantitative estimate of drug-likeness (QED) is 0.174. The van der Waals surface area contributed by atoms with Crippen LogP contribution in [0.3, 0.4) is 0 Å². The molecule has 10 rings (SSSR count). The molecule has 0 saturated heterocycles. The van der Waals surface area contributed by atoms with Crippen LogP contribution in [-0.2, 0) is 4.57 Å². The second kappa shape index (κ2) is 11.8. The van der Waals surface area contributed by atoms with Gasteiger partial charge in [0.05, 0.1) is 11.4 Å². The number of hydrogen-bond acceptors (Lipinski definition) is 2. The Hall–Kier alpha value is -5.95. The zero-order chi connectivity index (χ0) is 33.9. The van der Waals surface area contributed by atoms with E-state index in [1.165, 1.54) is 27.6 Å². The lowest BCUT2D eigenvalue weighted by molar-refractivity contribution is 0.593. The van der Waals surface area contributed by atoms with Gasteiger partial charge in [0, 0.05) is 43.7 Å². The summed E-state index contributed by atoms with van der Waals surface area (Å²) in [7, 11) is -3.35. The van der Waals surface area contributed by atoms with E-state index in [1.807, 2.05) is 12.1 Å². The van der Waals surface area contributed by atoms with Gasteiger partial charge in [0.25, 0.3) is 0 Å². The molecule has 1 atom stereocenters. The predicted octanol–water partition coefficient (Wildman–Crippen LogP) is 12.1. The van der Waals surface area contributed by atoms with Crippen LogP contribution in [-0.4, -0.2) is 0 Å². The molecule has 0 saturated carbocycles. The first-order valence-corrected chi connectivity index (χ1v) is 19.4. The molecule has 3 aliphatic rings. The Morgan fingerprint density at radius 1 is 0.529 bits per heavy atom. The van der Waals surface area contributed by atoms with E-state index in [0.717, 1.165) is 73.5 Å². The highest BCUT2D eigenvalue weighted by Gasteiger charge is 2.47. The summed E-state index contributed by atoms with van der Waals surface area (Å²) in [5, 5.41) is 5.11. The highest BCUT2D eigenvalue weighted by atomic mass is 31.2. The molecule has 1 aliphatic carbocycles. The fraction of sp³-hybridized carbons (Fsp3) is 0.0417. The standard InChI is InChI=1S/C48H34NOP/c50-51(38-22-15-21-35(31-38)33-16-3-1-4-17-33)46-29-14-11-26-42(46)47-40-24-9-12-27-43(40)49(44-28-13-10-25-41(44)48(47)51)45-32-37(34-18-5-2-6-19-34)30-36-20-7-8-23-39(36)45/h1-11,13-26,28-32H,12,27H2. The van der Waals surface area contributed by atoms with Gasteiger partial charge in [-0.25, -0.2) is 0 Å². The summed E-state index contributed by atoms with van der Waals surface area (Å²) in [6, 6.07) is 59.9. The second-order valence-electron chi connectivity index (χ2n) is 13.5. The van der Waals surface area contributed by atoms with Gasteiger partial charge in [0.15, 0.2) is 7.14 Å². The Morgan fingerprint density at radius 3 is 2.02 bits per heavy atom. The summed E-state index contributed by atoms with van der Waals surface area (Å²) in [5.74, 6) is 0. The van der Waals surface area contributed by atoms with Gasteiger partial charge in [-0.2, -0.15) is 0 Å². The molecular weight excluding hydrogens is 638 g/mol. The van der Waals surface area contributed by atoms with E-state index in [-0.39, 0.29) is 0 Å². The summed E-state index contributed by atoms with van der Waals surface area (Å²) in [5.41, 5.74) is 12.3. The van der Waals surface area contributed by atoms with Crippen molar-refractivity contribution < 1.29 is 4.57 Å². The summed E-state index contributed by atoms with van der Waals surface area (Å²) in [4.78, 5) is 2.49. The first-order valence-electron chi connectivity index (χ1n) is 17.7. The average molecular weight is 672 g/mol. The lowest BCUT2D eigenvalue weighted by atomic mass is 9.90. The van der Waals surface area contributed by atoms with Crippen LogP contribution in [0.15, 0.2) is 193 Å². The summed E-state index contributed by atoms with van der Waals surface area (Å²) in [6.07, 6.45) is 6.40. The van der Waals surface area contributed by atoms with E-state index in [4.69, 9.17) is 0 Å². The van der Waals surface area contributed by atoms with Crippen LogP contribution in [0, 0.1) is 0 Å². The highest BCUT2D eigenvalue weighted by molar-refractivity contribution is 7.88. The molecule has 242 valence electrons. The van der Waals surface area contributed by atoms with E-state index in [2.05, 4.69) is 175 Å². The number of para-hydroxylation sites is 1. The van der Waals surface area contributed by atoms with Crippen molar-refractivity contribution >= 4 is 50.8 Å². The van der Waals surface area contributed by atoms with Gasteiger partial charge in [0.2, 0.25) is 0 Å². The number of benzene rings is 7. The highest BCUT2D eigenvalue weighted by Crippen LogP contribution is 2.68. The van der Waals surface area contributed by atoms with Crippen LogP contribution in [0.2, 0.25) is 0 Å². The van der Waals surface area contributed by atoms with Gasteiger partial charge in [-0.05, 0) is 70.3 Å². The van der Waals surface area contributed by atoms with E-state index < -0.39 is 7.14 Å². The first kappa shape index (κ1) is 29.9. The fourth-order valence-electron chi connectivity index (χ4n) is 8.40. The molecule has 0 fully saturated rings. The number of allylic oxidation sites excluding steroid dienone is 5. The van der Waals surface area contributed by atoms with E-state index in [1.54, 1.807) is 0 Å². The Morgan fingerprint density at radius 2 is 1.20 bits per heavy atom. The number of nitrogens with zero attached hydrogens (tertiary/aromatic N) is 1. The second-order valence-corrected chi connectivity index (χ2v) is 16.2. The van der Waals surface area contributed by atoms with Gasteiger partial charge in [-0.3, -0.25) is 0 Å². The van der Waals surface area contributed by atoms with E-state index in [9.17, 15) is 0 Å². The summed E-state index contributed by atoms with van der Waals surface area (Å²) < 4.78 is 16.5.